The zero-order chi connectivity index (χ0) is 11.2. The van der Waals surface area contributed by atoms with E-state index in [0.29, 0.717) is 13.2 Å². The van der Waals surface area contributed by atoms with Crippen LogP contribution in [0.25, 0.3) is 0 Å². The standard InChI is InChI=1S/C13H15NO2/c1-15-10-11-5-2-3-7-13(11)14-9-12-6-4-8-16-12/h2-8,14H,9-10H2,1H3. The third kappa shape index (κ3) is 2.64. The number of anilines is 1. The summed E-state index contributed by atoms with van der Waals surface area (Å²) >= 11 is 0. The van der Waals surface area contributed by atoms with Crippen molar-refractivity contribution in [1.29, 1.82) is 0 Å². The Hall–Kier alpha value is -1.74. The lowest BCUT2D eigenvalue weighted by Gasteiger charge is -2.10. The van der Waals surface area contributed by atoms with E-state index in [0.717, 1.165) is 17.0 Å². The van der Waals surface area contributed by atoms with Crippen LogP contribution in [-0.4, -0.2) is 7.11 Å². The summed E-state index contributed by atoms with van der Waals surface area (Å²) < 4.78 is 10.4. The Morgan fingerprint density at radius 2 is 2.06 bits per heavy atom. The molecule has 2 aromatic rings. The summed E-state index contributed by atoms with van der Waals surface area (Å²) in [6.45, 7) is 1.30. The second-order valence-electron chi connectivity index (χ2n) is 3.52. The van der Waals surface area contributed by atoms with Crippen LogP contribution in [0.5, 0.6) is 0 Å². The minimum atomic E-state index is 0.612. The Balaban J connectivity index is 2.03. The van der Waals surface area contributed by atoms with Gasteiger partial charge in [0.1, 0.15) is 5.76 Å². The highest BCUT2D eigenvalue weighted by Gasteiger charge is 2.01. The van der Waals surface area contributed by atoms with Crippen molar-refractivity contribution in [1.82, 2.24) is 0 Å². The lowest BCUT2D eigenvalue weighted by molar-refractivity contribution is 0.185. The molecule has 2 rings (SSSR count). The SMILES string of the molecule is COCc1ccccc1NCc1ccco1. The van der Waals surface area contributed by atoms with Gasteiger partial charge in [-0.25, -0.2) is 0 Å². The van der Waals surface area contributed by atoms with Crippen LogP contribution in [0.1, 0.15) is 11.3 Å². The quantitative estimate of drug-likeness (QED) is 0.835. The molecule has 0 aliphatic heterocycles. The van der Waals surface area contributed by atoms with Gasteiger partial charge in [-0.1, -0.05) is 18.2 Å². The summed E-state index contributed by atoms with van der Waals surface area (Å²) in [5.41, 5.74) is 2.23. The summed E-state index contributed by atoms with van der Waals surface area (Å²) in [4.78, 5) is 0. The lowest BCUT2D eigenvalue weighted by Crippen LogP contribution is -2.02. The predicted molar refractivity (Wildman–Crippen MR) is 63.2 cm³/mol. The number of rotatable bonds is 5. The average molecular weight is 217 g/mol. The maximum Gasteiger partial charge on any atom is 0.122 e. The maximum atomic E-state index is 5.26. The van der Waals surface area contributed by atoms with Crippen molar-refractivity contribution in [2.24, 2.45) is 0 Å². The van der Waals surface area contributed by atoms with Crippen molar-refractivity contribution in [3.8, 4) is 0 Å². The highest BCUT2D eigenvalue weighted by molar-refractivity contribution is 5.50. The number of hydrogen-bond donors (Lipinski definition) is 1. The molecule has 0 bridgehead atoms. The normalized spacial score (nSPS) is 10.3. The largest absolute Gasteiger partial charge is 0.467 e. The number of furan rings is 1. The topological polar surface area (TPSA) is 34.4 Å². The van der Waals surface area contributed by atoms with Crippen LogP contribution in [0.4, 0.5) is 5.69 Å². The molecule has 1 N–H and O–H groups in total. The first-order valence-electron chi connectivity index (χ1n) is 5.23. The molecule has 0 saturated heterocycles. The van der Waals surface area contributed by atoms with Gasteiger partial charge in [0.25, 0.3) is 0 Å². The van der Waals surface area contributed by atoms with Gasteiger partial charge in [0.2, 0.25) is 0 Å². The molecule has 3 heteroatoms. The lowest BCUT2D eigenvalue weighted by atomic mass is 10.2. The van der Waals surface area contributed by atoms with Gasteiger partial charge in [0.15, 0.2) is 0 Å². The second kappa shape index (κ2) is 5.37. The van der Waals surface area contributed by atoms with Gasteiger partial charge in [0, 0.05) is 18.4 Å². The van der Waals surface area contributed by atoms with Crippen LogP contribution in [-0.2, 0) is 17.9 Å². The van der Waals surface area contributed by atoms with Crippen molar-refractivity contribution < 1.29 is 9.15 Å². The van der Waals surface area contributed by atoms with Crippen molar-refractivity contribution in [3.05, 3.63) is 54.0 Å². The van der Waals surface area contributed by atoms with Gasteiger partial charge in [0.05, 0.1) is 19.4 Å². The Bertz CT molecular complexity index is 423. The fourth-order valence-corrected chi connectivity index (χ4v) is 1.57. The average Bonchev–Trinajstić information content (AvgIpc) is 2.81. The van der Waals surface area contributed by atoms with Crippen molar-refractivity contribution >= 4 is 5.69 Å². The summed E-state index contributed by atoms with van der Waals surface area (Å²) in [5, 5.41) is 3.33. The molecule has 0 amide bonds. The molecule has 1 aromatic carbocycles. The van der Waals surface area contributed by atoms with E-state index in [1.807, 2.05) is 36.4 Å². The van der Waals surface area contributed by atoms with Gasteiger partial charge in [-0.2, -0.15) is 0 Å². The zero-order valence-electron chi connectivity index (χ0n) is 9.27. The number of hydrogen-bond acceptors (Lipinski definition) is 3. The van der Waals surface area contributed by atoms with Crippen LogP contribution in [0, 0.1) is 0 Å². The fraction of sp³-hybridized carbons (Fsp3) is 0.231. The first kappa shape index (κ1) is 10.8. The molecule has 0 unspecified atom stereocenters. The molecule has 0 saturated carbocycles. The molecule has 0 fully saturated rings. The number of methoxy groups -OCH3 is 1. The van der Waals surface area contributed by atoms with E-state index in [1.54, 1.807) is 13.4 Å². The minimum absolute atomic E-state index is 0.612. The van der Waals surface area contributed by atoms with Gasteiger partial charge in [-0.05, 0) is 18.2 Å². The molecule has 3 nitrogen and oxygen atoms in total. The van der Waals surface area contributed by atoms with Crippen molar-refractivity contribution in [2.75, 3.05) is 12.4 Å². The Morgan fingerprint density at radius 1 is 1.19 bits per heavy atom. The van der Waals surface area contributed by atoms with E-state index in [4.69, 9.17) is 9.15 Å². The molecule has 0 spiro atoms. The highest BCUT2D eigenvalue weighted by atomic mass is 16.5. The predicted octanol–water partition coefficient (Wildman–Crippen LogP) is 3.04. The fourth-order valence-electron chi connectivity index (χ4n) is 1.57. The molecule has 84 valence electrons. The molecule has 0 atom stereocenters. The van der Waals surface area contributed by atoms with E-state index >= 15 is 0 Å². The molecular weight excluding hydrogens is 202 g/mol. The van der Waals surface area contributed by atoms with Crippen molar-refractivity contribution in [3.63, 3.8) is 0 Å². The molecule has 1 heterocycles. The van der Waals surface area contributed by atoms with E-state index in [9.17, 15) is 0 Å². The molecule has 0 aliphatic rings. The second-order valence-corrected chi connectivity index (χ2v) is 3.52. The minimum Gasteiger partial charge on any atom is -0.467 e. The van der Waals surface area contributed by atoms with E-state index in [-0.39, 0.29) is 0 Å². The van der Waals surface area contributed by atoms with Gasteiger partial charge < -0.3 is 14.5 Å². The number of benzene rings is 1. The van der Waals surface area contributed by atoms with Crippen LogP contribution < -0.4 is 5.32 Å². The summed E-state index contributed by atoms with van der Waals surface area (Å²) in [7, 11) is 1.70. The molecule has 0 aliphatic carbocycles. The Morgan fingerprint density at radius 3 is 2.81 bits per heavy atom. The number of para-hydroxylation sites is 1. The first-order chi connectivity index (χ1) is 7.90. The highest BCUT2D eigenvalue weighted by Crippen LogP contribution is 2.16. The number of ether oxygens (including phenoxy) is 1. The summed E-state index contributed by atoms with van der Waals surface area (Å²) in [5.74, 6) is 0.923. The molecular formula is C13H15NO2. The van der Waals surface area contributed by atoms with Gasteiger partial charge in [-0.3, -0.25) is 0 Å². The van der Waals surface area contributed by atoms with Gasteiger partial charge >= 0.3 is 0 Å². The van der Waals surface area contributed by atoms with E-state index in [2.05, 4.69) is 5.32 Å². The molecule has 0 radical (unpaired) electrons. The zero-order valence-corrected chi connectivity index (χ0v) is 9.27. The summed E-state index contributed by atoms with van der Waals surface area (Å²) in [6.07, 6.45) is 1.68. The maximum absolute atomic E-state index is 5.26. The van der Waals surface area contributed by atoms with Crippen LogP contribution in [0.15, 0.2) is 47.1 Å². The summed E-state index contributed by atoms with van der Waals surface area (Å²) in [6, 6.07) is 11.9. The Labute approximate surface area is 95.0 Å². The van der Waals surface area contributed by atoms with Crippen molar-refractivity contribution in [2.45, 2.75) is 13.2 Å². The third-order valence-corrected chi connectivity index (χ3v) is 2.35. The smallest absolute Gasteiger partial charge is 0.122 e. The van der Waals surface area contributed by atoms with E-state index in [1.165, 1.54) is 0 Å². The van der Waals surface area contributed by atoms with Crippen LogP contribution in [0.2, 0.25) is 0 Å². The van der Waals surface area contributed by atoms with Crippen LogP contribution in [0.3, 0.4) is 0 Å². The third-order valence-electron chi connectivity index (χ3n) is 2.35. The Kier molecular flexibility index (Phi) is 3.62. The van der Waals surface area contributed by atoms with Gasteiger partial charge in [-0.15, -0.1) is 0 Å². The van der Waals surface area contributed by atoms with Crippen LogP contribution >= 0.6 is 0 Å². The number of nitrogens with one attached hydrogen (secondary N) is 1. The van der Waals surface area contributed by atoms with E-state index < -0.39 is 0 Å². The molecule has 16 heavy (non-hydrogen) atoms. The molecule has 1 aromatic heterocycles. The monoisotopic (exact) mass is 217 g/mol. The first-order valence-corrected chi connectivity index (χ1v) is 5.23.